The maximum absolute atomic E-state index is 11.4. The fraction of sp³-hybridized carbons (Fsp3) is 1.00. The Kier molecular flexibility index (Phi) is 5.08. The lowest BCUT2D eigenvalue weighted by Crippen LogP contribution is -2.70. The van der Waals surface area contributed by atoms with Crippen LogP contribution < -0.4 is 0 Å². The lowest BCUT2D eigenvalue weighted by Gasteiger charge is -2.76. The molecule has 0 aliphatic heterocycles. The second-order valence-corrected chi connectivity index (χ2v) is 15.9. The minimum atomic E-state index is -0.513. The first-order valence-electron chi connectivity index (χ1n) is 14.4. The van der Waals surface area contributed by atoms with E-state index in [1.807, 2.05) is 0 Å². The van der Waals surface area contributed by atoms with Crippen LogP contribution in [0.1, 0.15) is 127 Å². The number of fused-ring (bicyclic) bond motifs is 7. The fourth-order valence-corrected chi connectivity index (χ4v) is 11.8. The Hall–Kier alpha value is -0.0800. The molecule has 33 heavy (non-hydrogen) atoms. The van der Waals surface area contributed by atoms with Gasteiger partial charge in [0.05, 0.1) is 11.7 Å². The third kappa shape index (κ3) is 2.70. The van der Waals surface area contributed by atoms with Crippen molar-refractivity contribution in [3.8, 4) is 0 Å². The molecule has 5 aliphatic carbocycles. The summed E-state index contributed by atoms with van der Waals surface area (Å²) in [5.74, 6) is 2.49. The van der Waals surface area contributed by atoms with Gasteiger partial charge in [-0.15, -0.1) is 0 Å². The van der Waals surface area contributed by atoms with Gasteiger partial charge in [-0.2, -0.15) is 0 Å². The van der Waals surface area contributed by atoms with Crippen molar-refractivity contribution in [1.82, 2.24) is 0 Å². The Morgan fingerprint density at radius 3 is 1.91 bits per heavy atom. The largest absolute Gasteiger partial charge is 0.393 e. The van der Waals surface area contributed by atoms with Gasteiger partial charge in [-0.25, -0.2) is 0 Å². The van der Waals surface area contributed by atoms with E-state index in [2.05, 4.69) is 62.3 Å². The molecule has 0 radical (unpaired) electrons. The maximum Gasteiger partial charge on any atom is 0.0648 e. The van der Waals surface area contributed by atoms with Gasteiger partial charge in [-0.1, -0.05) is 55.4 Å². The van der Waals surface area contributed by atoms with Crippen LogP contribution in [0.25, 0.3) is 0 Å². The van der Waals surface area contributed by atoms with E-state index in [4.69, 9.17) is 0 Å². The molecule has 0 unspecified atom stereocenters. The van der Waals surface area contributed by atoms with E-state index in [-0.39, 0.29) is 16.9 Å². The summed E-state index contributed by atoms with van der Waals surface area (Å²) < 4.78 is 0. The molecular weight excluding hydrogens is 404 g/mol. The highest BCUT2D eigenvalue weighted by Gasteiger charge is 2.73. The second kappa shape index (κ2) is 6.81. The van der Waals surface area contributed by atoms with Gasteiger partial charge in [-0.3, -0.25) is 0 Å². The van der Waals surface area contributed by atoms with Crippen LogP contribution in [-0.2, 0) is 0 Å². The first-order chi connectivity index (χ1) is 15.0. The van der Waals surface area contributed by atoms with E-state index in [1.165, 1.54) is 51.4 Å². The number of hydrogen-bond donors (Lipinski definition) is 2. The van der Waals surface area contributed by atoms with Crippen molar-refractivity contribution in [2.24, 2.45) is 56.2 Å². The molecule has 5 fully saturated rings. The van der Waals surface area contributed by atoms with Gasteiger partial charge >= 0.3 is 0 Å². The van der Waals surface area contributed by atoms with E-state index in [0.717, 1.165) is 24.7 Å². The predicted octanol–water partition coefficient (Wildman–Crippen LogP) is 7.61. The molecule has 0 aromatic heterocycles. The smallest absolute Gasteiger partial charge is 0.0648 e. The van der Waals surface area contributed by atoms with Crippen LogP contribution in [0.15, 0.2) is 0 Å². The highest BCUT2D eigenvalue weighted by Crippen LogP contribution is 2.79. The summed E-state index contributed by atoms with van der Waals surface area (Å²) in [6.45, 7) is 22.4. The van der Waals surface area contributed by atoms with Gasteiger partial charge in [-0.05, 0) is 127 Å². The van der Waals surface area contributed by atoms with Crippen molar-refractivity contribution in [3.05, 3.63) is 0 Å². The van der Waals surface area contributed by atoms with E-state index >= 15 is 0 Å². The Labute approximate surface area is 204 Å². The molecule has 5 aliphatic rings. The molecule has 5 rings (SSSR count). The summed E-state index contributed by atoms with van der Waals surface area (Å²) in [6.07, 6.45) is 12.1. The quantitative estimate of drug-likeness (QED) is 0.392. The molecule has 0 saturated heterocycles. The lowest BCUT2D eigenvalue weighted by atomic mass is 9.28. The molecule has 0 heterocycles. The zero-order valence-corrected chi connectivity index (χ0v) is 23.4. The number of aliphatic hydroxyl groups excluding tert-OH is 1. The molecule has 190 valence electrons. The second-order valence-electron chi connectivity index (χ2n) is 15.9. The Morgan fingerprint density at radius 2 is 1.24 bits per heavy atom. The SMILES string of the molecule is C[C@H]1[C@H]2[C@H]3CC[C@@H]4[C@@]5(C)CC[C@H](O)C(C)(C)[C@]5(C)CC[C@@]4(C)[C@]3(C)CC[C@@]2(C)CC[C@@]1(C)O. The Bertz CT molecular complexity index is 816. The standard InChI is InChI=1S/C31H54O2/c1-20-24-21-10-11-22-28(6,27(21,5)16-14-26(24,4)15-18-30(20,8)33)17-19-31(9)25(2,3)23(32)12-13-29(22,31)7/h20-24,32-33H,10-19H2,1-9H3/t20-,21+,22-,23-,24-,26-,27+,28+,29+,30+,31-/m0/s1. The molecule has 5 saturated carbocycles. The Balaban J connectivity index is 1.57. The summed E-state index contributed by atoms with van der Waals surface area (Å²) in [6, 6.07) is 0. The van der Waals surface area contributed by atoms with E-state index in [1.54, 1.807) is 0 Å². The third-order valence-corrected chi connectivity index (χ3v) is 15.2. The monoisotopic (exact) mass is 458 g/mol. The maximum atomic E-state index is 11.4. The number of hydrogen-bond acceptors (Lipinski definition) is 2. The van der Waals surface area contributed by atoms with Crippen molar-refractivity contribution < 1.29 is 10.2 Å². The van der Waals surface area contributed by atoms with Gasteiger partial charge in [0.15, 0.2) is 0 Å². The van der Waals surface area contributed by atoms with Crippen molar-refractivity contribution in [2.45, 2.75) is 138 Å². The topological polar surface area (TPSA) is 40.5 Å². The van der Waals surface area contributed by atoms with Crippen LogP contribution >= 0.6 is 0 Å². The number of aliphatic hydroxyl groups is 2. The Morgan fingerprint density at radius 1 is 0.636 bits per heavy atom. The first-order valence-corrected chi connectivity index (χ1v) is 14.4. The van der Waals surface area contributed by atoms with Gasteiger partial charge < -0.3 is 10.2 Å². The molecule has 0 aromatic carbocycles. The predicted molar refractivity (Wildman–Crippen MR) is 137 cm³/mol. The van der Waals surface area contributed by atoms with Crippen molar-refractivity contribution >= 4 is 0 Å². The van der Waals surface area contributed by atoms with Crippen molar-refractivity contribution in [3.63, 3.8) is 0 Å². The van der Waals surface area contributed by atoms with Gasteiger partial charge in [0.1, 0.15) is 0 Å². The molecule has 0 bridgehead atoms. The van der Waals surface area contributed by atoms with E-state index in [9.17, 15) is 10.2 Å². The fourth-order valence-electron chi connectivity index (χ4n) is 11.8. The molecular formula is C31H54O2. The molecule has 0 spiro atoms. The van der Waals surface area contributed by atoms with Crippen molar-refractivity contribution in [1.29, 1.82) is 0 Å². The van der Waals surface area contributed by atoms with Crippen LogP contribution in [0, 0.1) is 56.2 Å². The molecule has 2 nitrogen and oxygen atoms in total. The molecule has 2 N–H and O–H groups in total. The van der Waals surface area contributed by atoms with Crippen LogP contribution in [0.3, 0.4) is 0 Å². The molecule has 11 atom stereocenters. The average Bonchev–Trinajstić information content (AvgIpc) is 2.73. The third-order valence-electron chi connectivity index (χ3n) is 15.2. The highest BCUT2D eigenvalue weighted by molar-refractivity contribution is 5.21. The van der Waals surface area contributed by atoms with Gasteiger partial charge in [0.2, 0.25) is 0 Å². The lowest BCUT2D eigenvalue weighted by molar-refractivity contribution is -0.289. The minimum absolute atomic E-state index is 0.0270. The van der Waals surface area contributed by atoms with Crippen LogP contribution in [0.4, 0.5) is 0 Å². The summed E-state index contributed by atoms with van der Waals surface area (Å²) >= 11 is 0. The van der Waals surface area contributed by atoms with E-state index in [0.29, 0.717) is 33.5 Å². The minimum Gasteiger partial charge on any atom is -0.393 e. The highest BCUT2D eigenvalue weighted by atomic mass is 16.3. The molecule has 2 heteroatoms. The first kappa shape index (κ1) is 24.6. The molecule has 0 amide bonds. The normalized spacial score (nSPS) is 62.5. The summed E-state index contributed by atoms with van der Waals surface area (Å²) in [5, 5.41) is 22.4. The van der Waals surface area contributed by atoms with Gasteiger partial charge in [0, 0.05) is 0 Å². The van der Waals surface area contributed by atoms with Crippen LogP contribution in [0.5, 0.6) is 0 Å². The number of rotatable bonds is 0. The summed E-state index contributed by atoms with van der Waals surface area (Å²) in [5.41, 5.74) is 1.05. The summed E-state index contributed by atoms with van der Waals surface area (Å²) in [7, 11) is 0. The molecule has 0 aromatic rings. The van der Waals surface area contributed by atoms with Crippen LogP contribution in [0.2, 0.25) is 0 Å². The van der Waals surface area contributed by atoms with E-state index < -0.39 is 5.60 Å². The summed E-state index contributed by atoms with van der Waals surface area (Å²) in [4.78, 5) is 0. The average molecular weight is 459 g/mol. The zero-order valence-electron chi connectivity index (χ0n) is 23.4. The zero-order chi connectivity index (χ0) is 24.5. The van der Waals surface area contributed by atoms with Crippen molar-refractivity contribution in [2.75, 3.05) is 0 Å². The van der Waals surface area contributed by atoms with Crippen LogP contribution in [-0.4, -0.2) is 21.9 Å². The van der Waals surface area contributed by atoms with Gasteiger partial charge in [0.25, 0.3) is 0 Å².